The number of nitrogens with zero attached hydrogens (tertiary/aromatic N) is 6. The van der Waals surface area contributed by atoms with Crippen LogP contribution in [0.25, 0.3) is 5.82 Å². The summed E-state index contributed by atoms with van der Waals surface area (Å²) < 4.78 is 17.1. The molecule has 40 heavy (non-hydrogen) atoms. The minimum absolute atomic E-state index is 0.0374. The number of aromatic nitrogens is 5. The van der Waals surface area contributed by atoms with Crippen molar-refractivity contribution >= 4 is 23.4 Å². The van der Waals surface area contributed by atoms with E-state index in [1.165, 1.54) is 4.68 Å². The van der Waals surface area contributed by atoms with Crippen LogP contribution in [0.3, 0.4) is 0 Å². The number of hydrogen-bond donors (Lipinski definition) is 2. The lowest BCUT2D eigenvalue weighted by atomic mass is 10.1. The molecule has 0 aliphatic rings. The van der Waals surface area contributed by atoms with Gasteiger partial charge in [-0.15, -0.1) is 5.10 Å². The molecule has 0 aliphatic carbocycles. The highest BCUT2D eigenvalue weighted by molar-refractivity contribution is 6.01. The molecule has 0 saturated carbocycles. The highest BCUT2D eigenvalue weighted by Gasteiger charge is 2.24. The molecule has 0 atom stereocenters. The zero-order chi connectivity index (χ0) is 27.9. The van der Waals surface area contributed by atoms with Gasteiger partial charge in [-0.25, -0.2) is 14.8 Å². The van der Waals surface area contributed by atoms with Crippen molar-refractivity contribution in [3.63, 3.8) is 0 Å². The Labute approximate surface area is 227 Å². The van der Waals surface area contributed by atoms with E-state index in [1.807, 2.05) is 24.3 Å². The van der Waals surface area contributed by atoms with Gasteiger partial charge in [-0.1, -0.05) is 41.6 Å². The number of benzene rings is 3. The van der Waals surface area contributed by atoms with E-state index in [0.29, 0.717) is 28.3 Å². The third kappa shape index (κ3) is 5.83. The van der Waals surface area contributed by atoms with Gasteiger partial charge < -0.3 is 15.2 Å². The summed E-state index contributed by atoms with van der Waals surface area (Å²) in [5, 5.41) is 19.4. The van der Waals surface area contributed by atoms with Crippen molar-refractivity contribution in [1.82, 2.24) is 30.7 Å². The Morgan fingerprint density at radius 1 is 0.925 bits per heavy atom. The number of esters is 1. The van der Waals surface area contributed by atoms with E-state index in [1.54, 1.807) is 67.6 Å². The normalized spacial score (nSPS) is 11.2. The maximum Gasteiger partial charge on any atom is 0.343 e. The fourth-order valence-electron chi connectivity index (χ4n) is 3.54. The number of hydrogen-bond acceptors (Lipinski definition) is 11. The largest absolute Gasteiger partial charge is 0.487 e. The quantitative estimate of drug-likeness (QED) is 0.123. The number of carbonyl (C=O) groups excluding carboxylic acids is 2. The van der Waals surface area contributed by atoms with Crippen molar-refractivity contribution in [2.24, 2.45) is 5.10 Å². The Kier molecular flexibility index (Phi) is 7.53. The van der Waals surface area contributed by atoms with E-state index in [2.05, 4.69) is 35.8 Å². The van der Waals surface area contributed by atoms with Crippen molar-refractivity contribution in [2.45, 2.75) is 13.5 Å². The first kappa shape index (κ1) is 25.8. The number of para-hydroxylation sites is 1. The summed E-state index contributed by atoms with van der Waals surface area (Å²) in [6.07, 6.45) is 0. The molecule has 3 aromatic carbocycles. The second-order valence-corrected chi connectivity index (χ2v) is 8.29. The molecule has 0 radical (unpaired) electrons. The molecule has 0 bridgehead atoms. The number of carbonyl (C=O) groups is 2. The predicted octanol–water partition coefficient (Wildman–Crippen LogP) is 3.18. The highest BCUT2D eigenvalue weighted by Crippen LogP contribution is 2.19. The van der Waals surface area contributed by atoms with Crippen LogP contribution in [0.4, 0.5) is 5.82 Å². The number of ether oxygens (including phenoxy) is 2. The number of rotatable bonds is 9. The summed E-state index contributed by atoms with van der Waals surface area (Å²) in [7, 11) is 0. The average molecular weight is 539 g/mol. The number of nitrogens with two attached hydrogens (primary N) is 1. The average Bonchev–Trinajstić information content (AvgIpc) is 3.61. The van der Waals surface area contributed by atoms with Crippen molar-refractivity contribution in [3.05, 3.63) is 107 Å². The van der Waals surface area contributed by atoms with Gasteiger partial charge in [0.05, 0.1) is 11.3 Å². The summed E-state index contributed by atoms with van der Waals surface area (Å²) in [5.41, 5.74) is 10.1. The van der Waals surface area contributed by atoms with Gasteiger partial charge in [-0.05, 0) is 71.3 Å². The predicted molar refractivity (Wildman–Crippen MR) is 142 cm³/mol. The molecule has 2 heterocycles. The topological polar surface area (TPSA) is 173 Å². The first-order valence-corrected chi connectivity index (χ1v) is 11.9. The Hall–Kier alpha value is -5.85. The Morgan fingerprint density at radius 2 is 1.62 bits per heavy atom. The summed E-state index contributed by atoms with van der Waals surface area (Å²) >= 11 is 0. The van der Waals surface area contributed by atoms with Crippen LogP contribution in [0.2, 0.25) is 0 Å². The lowest BCUT2D eigenvalue weighted by molar-refractivity contribution is 0.0734. The SMILES string of the molecule is C/C(=N\NC(=O)c1nnn(-c2nonc2N)c1COc1ccccc1)c1ccc(OC(=O)c2ccccc2)cc1. The smallest absolute Gasteiger partial charge is 0.343 e. The molecule has 0 unspecified atom stereocenters. The molecule has 0 saturated heterocycles. The Morgan fingerprint density at radius 3 is 2.30 bits per heavy atom. The maximum atomic E-state index is 13.1. The zero-order valence-corrected chi connectivity index (χ0v) is 21.1. The van der Waals surface area contributed by atoms with Crippen molar-refractivity contribution < 1.29 is 23.7 Å². The van der Waals surface area contributed by atoms with E-state index in [9.17, 15) is 9.59 Å². The number of nitrogen functional groups attached to an aromatic ring is 1. The van der Waals surface area contributed by atoms with Gasteiger partial charge in [0, 0.05) is 0 Å². The van der Waals surface area contributed by atoms with Crippen LogP contribution in [0.1, 0.15) is 39.0 Å². The molecule has 5 rings (SSSR count). The van der Waals surface area contributed by atoms with Gasteiger partial charge in [-0.2, -0.15) is 9.78 Å². The molecule has 13 heteroatoms. The molecule has 5 aromatic rings. The minimum Gasteiger partial charge on any atom is -0.487 e. The second kappa shape index (κ2) is 11.7. The van der Waals surface area contributed by atoms with Gasteiger partial charge in [0.25, 0.3) is 5.91 Å². The summed E-state index contributed by atoms with van der Waals surface area (Å²) in [6.45, 7) is 1.63. The molecule has 0 aliphatic heterocycles. The summed E-state index contributed by atoms with van der Waals surface area (Å²) in [5.74, 6) is -0.138. The number of amides is 1. The van der Waals surface area contributed by atoms with Gasteiger partial charge in [0.2, 0.25) is 11.6 Å². The molecule has 1 amide bonds. The third-order valence-electron chi connectivity index (χ3n) is 5.61. The molecular weight excluding hydrogens is 516 g/mol. The lowest BCUT2D eigenvalue weighted by Crippen LogP contribution is -2.22. The molecule has 13 nitrogen and oxygen atoms in total. The molecule has 0 fully saturated rings. The van der Waals surface area contributed by atoms with Crippen molar-refractivity contribution in [1.29, 1.82) is 0 Å². The zero-order valence-electron chi connectivity index (χ0n) is 21.1. The van der Waals surface area contributed by atoms with Crippen LogP contribution in [0.15, 0.2) is 94.7 Å². The standard InChI is InChI=1S/C27H22N8O5/c1-17(18-12-14-21(15-13-18)39-27(37)19-8-4-2-5-9-19)29-31-26(36)23-22(16-38-20-10-6-3-7-11-20)35(34-30-23)25-24(28)32-40-33-25/h2-15H,16H2,1H3,(H2,28,32)(H,31,36)/b29-17+. The Balaban J connectivity index is 1.29. The van der Waals surface area contributed by atoms with E-state index < -0.39 is 11.9 Å². The number of nitrogens with one attached hydrogen (secondary N) is 1. The number of anilines is 1. The van der Waals surface area contributed by atoms with Gasteiger partial charge in [-0.3, -0.25) is 4.79 Å². The Bertz CT molecular complexity index is 1650. The van der Waals surface area contributed by atoms with Crippen molar-refractivity contribution in [2.75, 3.05) is 5.73 Å². The van der Waals surface area contributed by atoms with Gasteiger partial charge >= 0.3 is 5.97 Å². The first-order valence-electron chi connectivity index (χ1n) is 11.9. The molecular formula is C27H22N8O5. The van der Waals surface area contributed by atoms with Crippen LogP contribution < -0.4 is 20.6 Å². The monoisotopic (exact) mass is 538 g/mol. The van der Waals surface area contributed by atoms with Crippen LogP contribution in [0, 0.1) is 0 Å². The van der Waals surface area contributed by atoms with Crippen LogP contribution >= 0.6 is 0 Å². The van der Waals surface area contributed by atoms with E-state index in [-0.39, 0.29) is 29.6 Å². The maximum absolute atomic E-state index is 13.1. The summed E-state index contributed by atoms with van der Waals surface area (Å²) in [6, 6.07) is 24.4. The van der Waals surface area contributed by atoms with Gasteiger partial charge in [0.1, 0.15) is 23.8 Å². The molecule has 2 aromatic heterocycles. The van der Waals surface area contributed by atoms with E-state index >= 15 is 0 Å². The summed E-state index contributed by atoms with van der Waals surface area (Å²) in [4.78, 5) is 25.3. The molecule has 0 spiro atoms. The third-order valence-corrected chi connectivity index (χ3v) is 5.61. The fourth-order valence-corrected chi connectivity index (χ4v) is 3.54. The van der Waals surface area contributed by atoms with Gasteiger partial charge in [0.15, 0.2) is 5.69 Å². The van der Waals surface area contributed by atoms with Crippen molar-refractivity contribution in [3.8, 4) is 17.3 Å². The van der Waals surface area contributed by atoms with E-state index in [0.717, 1.165) is 0 Å². The van der Waals surface area contributed by atoms with E-state index in [4.69, 9.17) is 15.2 Å². The van der Waals surface area contributed by atoms with Crippen LogP contribution in [0.5, 0.6) is 11.5 Å². The highest BCUT2D eigenvalue weighted by atomic mass is 16.6. The van der Waals surface area contributed by atoms with Crippen LogP contribution in [-0.2, 0) is 6.61 Å². The molecule has 200 valence electrons. The minimum atomic E-state index is -0.638. The number of hydrazone groups is 1. The van der Waals surface area contributed by atoms with Crippen LogP contribution in [-0.4, -0.2) is 42.9 Å². The molecule has 3 N–H and O–H groups in total. The fraction of sp³-hybridized carbons (Fsp3) is 0.0741. The first-order chi connectivity index (χ1) is 19.5. The second-order valence-electron chi connectivity index (χ2n) is 8.29. The lowest BCUT2D eigenvalue weighted by Gasteiger charge is -2.08.